The average Bonchev–Trinajstić information content (AvgIpc) is 2.89. The second kappa shape index (κ2) is 4.84. The third-order valence-corrected chi connectivity index (χ3v) is 2.72. The monoisotopic (exact) mass is 237 g/mol. The highest BCUT2D eigenvalue weighted by molar-refractivity contribution is 7.09. The van der Waals surface area contributed by atoms with Crippen LogP contribution in [0.5, 0.6) is 0 Å². The molecule has 0 saturated heterocycles. The van der Waals surface area contributed by atoms with Crippen molar-refractivity contribution >= 4 is 17.2 Å². The first-order valence-electron chi connectivity index (χ1n) is 4.80. The van der Waals surface area contributed by atoms with Crippen LogP contribution in [0, 0.1) is 6.92 Å². The number of thiazole rings is 1. The van der Waals surface area contributed by atoms with Gasteiger partial charge in [0, 0.05) is 18.1 Å². The van der Waals surface area contributed by atoms with Crippen LogP contribution in [0.4, 0.5) is 0 Å². The molecule has 2 rings (SSSR count). The average molecular weight is 237 g/mol. The number of hydrogen-bond donors (Lipinski definition) is 1. The lowest BCUT2D eigenvalue weighted by atomic mass is 10.4. The van der Waals surface area contributed by atoms with Crippen molar-refractivity contribution in [3.63, 3.8) is 0 Å². The zero-order chi connectivity index (χ0) is 11.4. The maximum atomic E-state index is 11.6. The number of rotatable bonds is 4. The summed E-state index contributed by atoms with van der Waals surface area (Å²) in [7, 11) is 0. The van der Waals surface area contributed by atoms with Gasteiger partial charge in [0.25, 0.3) is 5.91 Å². The van der Waals surface area contributed by atoms with Crippen molar-refractivity contribution in [3.8, 4) is 0 Å². The lowest BCUT2D eigenvalue weighted by Gasteiger charge is -2.02. The molecule has 6 nitrogen and oxygen atoms in total. The number of aromatic nitrogens is 4. The molecule has 0 fully saturated rings. The molecule has 16 heavy (non-hydrogen) atoms. The fraction of sp³-hybridized carbons (Fsp3) is 0.333. The van der Waals surface area contributed by atoms with Crippen LogP contribution in [0.3, 0.4) is 0 Å². The van der Waals surface area contributed by atoms with Gasteiger partial charge in [-0.25, -0.2) is 4.98 Å². The lowest BCUT2D eigenvalue weighted by Crippen LogP contribution is -2.27. The third-order valence-electron chi connectivity index (χ3n) is 1.95. The van der Waals surface area contributed by atoms with Crippen LogP contribution in [0.25, 0.3) is 0 Å². The quantitative estimate of drug-likeness (QED) is 0.839. The van der Waals surface area contributed by atoms with Crippen LogP contribution in [0.15, 0.2) is 17.8 Å². The van der Waals surface area contributed by atoms with E-state index in [2.05, 4.69) is 20.6 Å². The van der Waals surface area contributed by atoms with E-state index in [4.69, 9.17) is 0 Å². The van der Waals surface area contributed by atoms with E-state index in [0.717, 1.165) is 5.01 Å². The fourth-order valence-electron chi connectivity index (χ4n) is 1.19. The van der Waals surface area contributed by atoms with E-state index in [-0.39, 0.29) is 5.91 Å². The summed E-state index contributed by atoms with van der Waals surface area (Å²) in [6.07, 6.45) is 3.35. The van der Waals surface area contributed by atoms with Crippen molar-refractivity contribution in [1.29, 1.82) is 0 Å². The summed E-state index contributed by atoms with van der Waals surface area (Å²) < 4.78 is 1.66. The smallest absolute Gasteiger partial charge is 0.270 e. The normalized spacial score (nSPS) is 10.3. The fourth-order valence-corrected chi connectivity index (χ4v) is 1.79. The van der Waals surface area contributed by atoms with Crippen LogP contribution in [0.1, 0.15) is 15.5 Å². The Morgan fingerprint density at radius 3 is 3.12 bits per heavy atom. The number of nitrogens with zero attached hydrogens (tertiary/aromatic N) is 4. The molecule has 0 aliphatic carbocycles. The zero-order valence-electron chi connectivity index (χ0n) is 8.75. The Morgan fingerprint density at radius 1 is 1.62 bits per heavy atom. The summed E-state index contributed by atoms with van der Waals surface area (Å²) in [5.41, 5.74) is 0.473. The lowest BCUT2D eigenvalue weighted by molar-refractivity contribution is 0.0947. The van der Waals surface area contributed by atoms with Gasteiger partial charge in [0.1, 0.15) is 5.69 Å². The number of carbonyl (C=O) groups excluding carboxylic acids is 1. The van der Waals surface area contributed by atoms with Gasteiger partial charge in [0.15, 0.2) is 0 Å². The summed E-state index contributed by atoms with van der Waals surface area (Å²) >= 11 is 1.46. The van der Waals surface area contributed by atoms with Gasteiger partial charge in [0.2, 0.25) is 0 Å². The predicted molar refractivity (Wildman–Crippen MR) is 59.2 cm³/mol. The van der Waals surface area contributed by atoms with Crippen LogP contribution >= 0.6 is 11.3 Å². The van der Waals surface area contributed by atoms with Gasteiger partial charge < -0.3 is 5.32 Å². The van der Waals surface area contributed by atoms with Crippen molar-refractivity contribution in [3.05, 3.63) is 28.5 Å². The Labute approximate surface area is 96.3 Å². The van der Waals surface area contributed by atoms with E-state index in [1.54, 1.807) is 22.5 Å². The van der Waals surface area contributed by atoms with Crippen LogP contribution in [0.2, 0.25) is 0 Å². The van der Waals surface area contributed by atoms with Gasteiger partial charge in [-0.3, -0.25) is 9.48 Å². The molecular weight excluding hydrogens is 226 g/mol. The Bertz CT molecular complexity index is 464. The minimum Gasteiger partial charge on any atom is -0.349 e. The molecule has 0 radical (unpaired) electrons. The van der Waals surface area contributed by atoms with Gasteiger partial charge in [-0.05, 0) is 6.92 Å². The summed E-state index contributed by atoms with van der Waals surface area (Å²) in [5, 5.41) is 12.9. The highest BCUT2D eigenvalue weighted by atomic mass is 32.1. The highest BCUT2D eigenvalue weighted by Crippen LogP contribution is 2.07. The first kappa shape index (κ1) is 10.7. The van der Waals surface area contributed by atoms with E-state index < -0.39 is 0 Å². The number of nitrogens with one attached hydrogen (secondary N) is 1. The molecular formula is C9H11N5OS. The molecule has 0 unspecified atom stereocenters. The van der Waals surface area contributed by atoms with E-state index in [1.165, 1.54) is 11.3 Å². The molecule has 1 amide bonds. The summed E-state index contributed by atoms with van der Waals surface area (Å²) in [6.45, 7) is 2.99. The molecule has 7 heteroatoms. The van der Waals surface area contributed by atoms with E-state index in [0.29, 0.717) is 18.8 Å². The third kappa shape index (κ3) is 2.63. The van der Waals surface area contributed by atoms with Gasteiger partial charge in [-0.15, -0.1) is 16.4 Å². The standard InChI is InChI=1S/C9H11N5OS/c1-7-12-8(6-16-7)9(15)10-2-4-14-5-3-11-13-14/h3,5-6H,2,4H2,1H3,(H,10,15). The van der Waals surface area contributed by atoms with Gasteiger partial charge >= 0.3 is 0 Å². The Balaban J connectivity index is 1.80. The minimum atomic E-state index is -0.149. The van der Waals surface area contributed by atoms with Crippen molar-refractivity contribution in [1.82, 2.24) is 25.3 Å². The molecule has 2 heterocycles. The Hall–Kier alpha value is -1.76. The molecule has 0 saturated carbocycles. The SMILES string of the molecule is Cc1nc(C(=O)NCCn2ccnn2)cs1. The molecule has 0 atom stereocenters. The number of carbonyl (C=O) groups is 1. The second-order valence-corrected chi connectivity index (χ2v) is 4.24. The highest BCUT2D eigenvalue weighted by Gasteiger charge is 2.07. The summed E-state index contributed by atoms with van der Waals surface area (Å²) in [6, 6.07) is 0. The van der Waals surface area contributed by atoms with Crippen molar-refractivity contribution in [2.75, 3.05) is 6.54 Å². The number of hydrogen-bond acceptors (Lipinski definition) is 5. The van der Waals surface area contributed by atoms with Gasteiger partial charge in [-0.2, -0.15) is 0 Å². The Kier molecular flexibility index (Phi) is 3.25. The van der Waals surface area contributed by atoms with E-state index in [9.17, 15) is 4.79 Å². The summed E-state index contributed by atoms with van der Waals surface area (Å²) in [5.74, 6) is -0.149. The molecule has 2 aromatic rings. The Morgan fingerprint density at radius 2 is 2.50 bits per heavy atom. The molecule has 0 bridgehead atoms. The van der Waals surface area contributed by atoms with E-state index >= 15 is 0 Å². The number of aryl methyl sites for hydroxylation is 1. The molecule has 0 aliphatic heterocycles. The zero-order valence-corrected chi connectivity index (χ0v) is 9.57. The van der Waals surface area contributed by atoms with Crippen LogP contribution in [-0.2, 0) is 6.54 Å². The van der Waals surface area contributed by atoms with Gasteiger partial charge in [0.05, 0.1) is 17.7 Å². The molecule has 0 spiro atoms. The molecule has 0 aliphatic rings. The second-order valence-electron chi connectivity index (χ2n) is 3.17. The van der Waals surface area contributed by atoms with Gasteiger partial charge in [-0.1, -0.05) is 5.21 Å². The first-order chi connectivity index (χ1) is 7.75. The first-order valence-corrected chi connectivity index (χ1v) is 5.68. The van der Waals surface area contributed by atoms with Crippen molar-refractivity contribution in [2.45, 2.75) is 13.5 Å². The van der Waals surface area contributed by atoms with E-state index in [1.807, 2.05) is 6.92 Å². The molecule has 1 N–H and O–H groups in total. The maximum Gasteiger partial charge on any atom is 0.270 e. The molecule has 0 aromatic carbocycles. The van der Waals surface area contributed by atoms with Crippen LogP contribution < -0.4 is 5.32 Å². The molecule has 2 aromatic heterocycles. The molecule has 84 valence electrons. The largest absolute Gasteiger partial charge is 0.349 e. The maximum absolute atomic E-state index is 11.6. The van der Waals surface area contributed by atoms with Crippen molar-refractivity contribution < 1.29 is 4.79 Å². The topological polar surface area (TPSA) is 72.7 Å². The summed E-state index contributed by atoms with van der Waals surface area (Å²) in [4.78, 5) is 15.7. The van der Waals surface area contributed by atoms with Crippen LogP contribution in [-0.4, -0.2) is 32.4 Å². The van der Waals surface area contributed by atoms with Crippen molar-refractivity contribution in [2.24, 2.45) is 0 Å². The number of amides is 1. The minimum absolute atomic E-state index is 0.149. The predicted octanol–water partition coefficient (Wildman–Crippen LogP) is 0.473.